The standard InChI is InChI=1S/C23H24FNO2.ClH/c1-26-22-11-7-18(8-12-22)13-14-25-16-20-3-2-4-23(15-20)27-17-19-5-9-21(24)10-6-19;/h2-12,15,25H,13-14,16-17H2,1H3;1H. The number of nitrogens with one attached hydrogen (secondary N) is 1. The Labute approximate surface area is 171 Å². The minimum atomic E-state index is -0.235. The van der Waals surface area contributed by atoms with Crippen LogP contribution in [0.4, 0.5) is 4.39 Å². The summed E-state index contributed by atoms with van der Waals surface area (Å²) in [5, 5.41) is 3.46. The van der Waals surface area contributed by atoms with Crippen molar-refractivity contribution < 1.29 is 13.9 Å². The van der Waals surface area contributed by atoms with Crippen LogP contribution in [-0.2, 0) is 19.6 Å². The van der Waals surface area contributed by atoms with Crippen molar-refractivity contribution >= 4 is 12.4 Å². The quantitative estimate of drug-likeness (QED) is 0.502. The molecule has 3 aromatic rings. The Morgan fingerprint density at radius 3 is 2.25 bits per heavy atom. The summed E-state index contributed by atoms with van der Waals surface area (Å²) in [7, 11) is 1.67. The van der Waals surface area contributed by atoms with Crippen LogP contribution in [0.2, 0.25) is 0 Å². The van der Waals surface area contributed by atoms with Crippen LogP contribution in [0.1, 0.15) is 16.7 Å². The van der Waals surface area contributed by atoms with Gasteiger partial charge in [0.15, 0.2) is 0 Å². The summed E-state index contributed by atoms with van der Waals surface area (Å²) in [5.74, 6) is 1.46. The van der Waals surface area contributed by atoms with E-state index in [1.165, 1.54) is 23.3 Å². The van der Waals surface area contributed by atoms with Crippen LogP contribution in [0.25, 0.3) is 0 Å². The van der Waals surface area contributed by atoms with Gasteiger partial charge >= 0.3 is 0 Å². The maximum absolute atomic E-state index is 12.9. The fraction of sp³-hybridized carbons (Fsp3) is 0.217. The molecule has 0 aliphatic heterocycles. The lowest BCUT2D eigenvalue weighted by Crippen LogP contribution is -2.16. The highest BCUT2D eigenvalue weighted by molar-refractivity contribution is 5.85. The van der Waals surface area contributed by atoms with Gasteiger partial charge in [-0.2, -0.15) is 0 Å². The predicted octanol–water partition coefficient (Wildman–Crippen LogP) is 5.17. The molecule has 1 N–H and O–H groups in total. The first kappa shape index (κ1) is 21.7. The van der Waals surface area contributed by atoms with Crippen molar-refractivity contribution in [3.8, 4) is 11.5 Å². The molecule has 0 fully saturated rings. The first-order valence-corrected chi connectivity index (χ1v) is 9.03. The third-order valence-electron chi connectivity index (χ3n) is 4.30. The third-order valence-corrected chi connectivity index (χ3v) is 4.30. The smallest absolute Gasteiger partial charge is 0.123 e. The number of rotatable bonds is 9. The van der Waals surface area contributed by atoms with Gasteiger partial charge in [0.25, 0.3) is 0 Å². The van der Waals surface area contributed by atoms with Crippen molar-refractivity contribution in [3.63, 3.8) is 0 Å². The number of ether oxygens (including phenoxy) is 2. The predicted molar refractivity (Wildman–Crippen MR) is 113 cm³/mol. The van der Waals surface area contributed by atoms with E-state index in [-0.39, 0.29) is 18.2 Å². The van der Waals surface area contributed by atoms with Gasteiger partial charge < -0.3 is 14.8 Å². The van der Waals surface area contributed by atoms with E-state index in [9.17, 15) is 4.39 Å². The molecule has 0 aliphatic rings. The number of benzene rings is 3. The van der Waals surface area contributed by atoms with Crippen molar-refractivity contribution in [1.29, 1.82) is 0 Å². The summed E-state index contributed by atoms with van der Waals surface area (Å²) in [5.41, 5.74) is 3.39. The van der Waals surface area contributed by atoms with Crippen molar-refractivity contribution in [1.82, 2.24) is 5.32 Å². The number of hydrogen-bond acceptors (Lipinski definition) is 3. The van der Waals surface area contributed by atoms with Crippen molar-refractivity contribution in [3.05, 3.63) is 95.3 Å². The van der Waals surface area contributed by atoms with Gasteiger partial charge in [-0.05, 0) is 66.1 Å². The Hall–Kier alpha value is -2.56. The van der Waals surface area contributed by atoms with Crippen LogP contribution in [0.15, 0.2) is 72.8 Å². The normalized spacial score (nSPS) is 10.2. The molecule has 3 aromatic carbocycles. The van der Waals surface area contributed by atoms with E-state index in [0.29, 0.717) is 6.61 Å². The van der Waals surface area contributed by atoms with Gasteiger partial charge in [-0.3, -0.25) is 0 Å². The fourth-order valence-corrected chi connectivity index (χ4v) is 2.75. The minimum Gasteiger partial charge on any atom is -0.497 e. The average Bonchev–Trinajstić information content (AvgIpc) is 2.71. The molecule has 0 spiro atoms. The Kier molecular flexibility index (Phi) is 8.79. The van der Waals surface area contributed by atoms with Gasteiger partial charge in [-0.25, -0.2) is 4.39 Å². The highest BCUT2D eigenvalue weighted by atomic mass is 35.5. The van der Waals surface area contributed by atoms with E-state index in [4.69, 9.17) is 9.47 Å². The summed E-state index contributed by atoms with van der Waals surface area (Å²) in [4.78, 5) is 0. The first-order chi connectivity index (χ1) is 13.2. The molecule has 0 unspecified atom stereocenters. The SMILES string of the molecule is COc1ccc(CCNCc2cccc(OCc3ccc(F)cc3)c2)cc1.Cl. The Bertz CT molecular complexity index is 838. The molecule has 0 radical (unpaired) electrons. The van der Waals surface area contributed by atoms with E-state index in [1.54, 1.807) is 19.2 Å². The molecule has 5 heteroatoms. The first-order valence-electron chi connectivity index (χ1n) is 9.03. The number of methoxy groups -OCH3 is 1. The zero-order valence-electron chi connectivity index (χ0n) is 15.9. The zero-order valence-corrected chi connectivity index (χ0v) is 16.7. The van der Waals surface area contributed by atoms with Gasteiger partial charge in [0.1, 0.15) is 23.9 Å². The second-order valence-corrected chi connectivity index (χ2v) is 6.34. The molecular weight excluding hydrogens is 377 g/mol. The van der Waals surface area contributed by atoms with Crippen LogP contribution < -0.4 is 14.8 Å². The molecule has 0 saturated heterocycles. The molecule has 0 heterocycles. The molecule has 28 heavy (non-hydrogen) atoms. The summed E-state index contributed by atoms with van der Waals surface area (Å²) in [6.45, 7) is 2.10. The van der Waals surface area contributed by atoms with Gasteiger partial charge in [-0.15, -0.1) is 12.4 Å². The second kappa shape index (κ2) is 11.3. The zero-order chi connectivity index (χ0) is 18.9. The molecule has 0 amide bonds. The number of hydrogen-bond donors (Lipinski definition) is 1. The fourth-order valence-electron chi connectivity index (χ4n) is 2.75. The highest BCUT2D eigenvalue weighted by Gasteiger charge is 2.00. The lowest BCUT2D eigenvalue weighted by atomic mass is 10.1. The summed E-state index contributed by atoms with van der Waals surface area (Å²) < 4.78 is 23.9. The Morgan fingerprint density at radius 2 is 1.54 bits per heavy atom. The average molecular weight is 402 g/mol. The van der Waals surface area contributed by atoms with Crippen LogP contribution in [0.5, 0.6) is 11.5 Å². The second-order valence-electron chi connectivity index (χ2n) is 6.34. The molecular formula is C23H25ClFNO2. The van der Waals surface area contributed by atoms with Gasteiger partial charge in [0.2, 0.25) is 0 Å². The molecule has 0 saturated carbocycles. The van der Waals surface area contributed by atoms with Crippen molar-refractivity contribution in [2.24, 2.45) is 0 Å². The maximum Gasteiger partial charge on any atom is 0.123 e. The largest absolute Gasteiger partial charge is 0.497 e. The van der Waals surface area contributed by atoms with Gasteiger partial charge in [-0.1, -0.05) is 36.4 Å². The molecule has 0 aromatic heterocycles. The van der Waals surface area contributed by atoms with E-state index in [1.807, 2.05) is 30.3 Å². The summed E-state index contributed by atoms with van der Waals surface area (Å²) >= 11 is 0. The topological polar surface area (TPSA) is 30.5 Å². The highest BCUT2D eigenvalue weighted by Crippen LogP contribution is 2.16. The molecule has 148 valence electrons. The summed E-state index contributed by atoms with van der Waals surface area (Å²) in [6, 6.07) is 22.5. The third kappa shape index (κ3) is 6.87. The van der Waals surface area contributed by atoms with Crippen molar-refractivity contribution in [2.45, 2.75) is 19.6 Å². The molecule has 0 atom stereocenters. The Balaban J connectivity index is 0.00000280. The minimum absolute atomic E-state index is 0. The van der Waals surface area contributed by atoms with E-state index in [2.05, 4.69) is 23.5 Å². The molecule has 3 nitrogen and oxygen atoms in total. The van der Waals surface area contributed by atoms with Crippen molar-refractivity contribution in [2.75, 3.05) is 13.7 Å². The molecule has 0 bridgehead atoms. The van der Waals surface area contributed by atoms with Gasteiger partial charge in [0, 0.05) is 6.54 Å². The Morgan fingerprint density at radius 1 is 0.821 bits per heavy atom. The monoisotopic (exact) mass is 401 g/mol. The van der Waals surface area contributed by atoms with E-state index in [0.717, 1.165) is 36.6 Å². The van der Waals surface area contributed by atoms with E-state index >= 15 is 0 Å². The van der Waals surface area contributed by atoms with Crippen LogP contribution >= 0.6 is 12.4 Å². The lowest BCUT2D eigenvalue weighted by Gasteiger charge is -2.09. The van der Waals surface area contributed by atoms with Crippen LogP contribution in [0.3, 0.4) is 0 Å². The molecule has 0 aliphatic carbocycles. The molecule has 3 rings (SSSR count). The lowest BCUT2D eigenvalue weighted by molar-refractivity contribution is 0.305. The maximum atomic E-state index is 12.9. The summed E-state index contributed by atoms with van der Waals surface area (Å²) in [6.07, 6.45) is 0.963. The van der Waals surface area contributed by atoms with Gasteiger partial charge in [0.05, 0.1) is 7.11 Å². The van der Waals surface area contributed by atoms with Crippen LogP contribution in [0, 0.1) is 5.82 Å². The van der Waals surface area contributed by atoms with E-state index < -0.39 is 0 Å². The number of halogens is 2. The van der Waals surface area contributed by atoms with Crippen LogP contribution in [-0.4, -0.2) is 13.7 Å².